The van der Waals surface area contributed by atoms with E-state index in [0.29, 0.717) is 22.9 Å². The van der Waals surface area contributed by atoms with Crippen LogP contribution in [-0.4, -0.2) is 18.1 Å². The number of aliphatic hydroxyl groups is 1. The van der Waals surface area contributed by atoms with Crippen LogP contribution >= 0.6 is 34.2 Å². The summed E-state index contributed by atoms with van der Waals surface area (Å²) in [5.41, 5.74) is 0.874. The molecule has 5 nitrogen and oxygen atoms in total. The van der Waals surface area contributed by atoms with Crippen LogP contribution in [0, 0.1) is 3.57 Å². The second-order valence-corrected chi connectivity index (χ2v) is 7.68. The van der Waals surface area contributed by atoms with Crippen molar-refractivity contribution in [3.63, 3.8) is 0 Å². The summed E-state index contributed by atoms with van der Waals surface area (Å²) in [5.74, 6) is 0. The van der Waals surface area contributed by atoms with Gasteiger partial charge in [-0.15, -0.1) is 0 Å². The Labute approximate surface area is 142 Å². The number of rotatable bonds is 5. The van der Waals surface area contributed by atoms with Crippen molar-refractivity contribution in [2.75, 3.05) is 4.72 Å². The molecule has 1 aromatic carbocycles. The van der Waals surface area contributed by atoms with Gasteiger partial charge in [-0.25, -0.2) is 8.42 Å². The molecule has 0 bridgehead atoms. The topological polar surface area (TPSA) is 71.3 Å². The molecule has 0 saturated carbocycles. The lowest BCUT2D eigenvalue weighted by Gasteiger charge is -2.08. The quantitative estimate of drug-likeness (QED) is 0.702. The van der Waals surface area contributed by atoms with Crippen LogP contribution < -0.4 is 4.72 Å². The molecule has 0 amide bonds. The Kier molecular flexibility index (Phi) is 5.18. The highest BCUT2D eigenvalue weighted by Crippen LogP contribution is 2.27. The fraction of sp³-hybridized carbons (Fsp3) is 0.231. The number of hydrogen-bond acceptors (Lipinski definition) is 3. The molecule has 0 aliphatic heterocycles. The average Bonchev–Trinajstić information content (AvgIpc) is 2.86. The van der Waals surface area contributed by atoms with Crippen molar-refractivity contribution in [1.29, 1.82) is 0 Å². The first-order chi connectivity index (χ1) is 9.87. The number of nitrogens with zero attached hydrogens (tertiary/aromatic N) is 1. The summed E-state index contributed by atoms with van der Waals surface area (Å²) >= 11 is 8.13. The van der Waals surface area contributed by atoms with Crippen molar-refractivity contribution < 1.29 is 13.5 Å². The molecule has 1 aromatic heterocycles. The zero-order valence-electron chi connectivity index (χ0n) is 11.2. The minimum absolute atomic E-state index is 0.100. The van der Waals surface area contributed by atoms with E-state index in [4.69, 9.17) is 11.6 Å². The van der Waals surface area contributed by atoms with Gasteiger partial charge in [-0.3, -0.25) is 4.72 Å². The van der Waals surface area contributed by atoms with Gasteiger partial charge < -0.3 is 9.67 Å². The molecule has 0 fully saturated rings. The number of sulfonamides is 1. The number of anilines is 1. The fourth-order valence-electron chi connectivity index (χ4n) is 1.87. The summed E-state index contributed by atoms with van der Waals surface area (Å²) in [7, 11) is -3.74. The molecule has 0 aliphatic rings. The van der Waals surface area contributed by atoms with Gasteiger partial charge in [-0.2, -0.15) is 0 Å². The summed E-state index contributed by atoms with van der Waals surface area (Å²) in [5, 5.41) is 9.57. The average molecular weight is 441 g/mol. The van der Waals surface area contributed by atoms with E-state index >= 15 is 0 Å². The van der Waals surface area contributed by atoms with E-state index < -0.39 is 10.0 Å². The number of aliphatic hydroxyl groups excluding tert-OH is 1. The molecule has 0 radical (unpaired) electrons. The highest BCUT2D eigenvalue weighted by molar-refractivity contribution is 14.1. The van der Waals surface area contributed by atoms with Crippen LogP contribution in [0.5, 0.6) is 0 Å². The highest BCUT2D eigenvalue weighted by atomic mass is 127. The number of halogens is 2. The van der Waals surface area contributed by atoms with E-state index in [1.54, 1.807) is 22.8 Å². The van der Waals surface area contributed by atoms with Crippen molar-refractivity contribution in [3.05, 3.63) is 44.7 Å². The molecule has 0 spiro atoms. The lowest BCUT2D eigenvalue weighted by atomic mass is 10.3. The Bertz CT molecular complexity index is 737. The smallest absolute Gasteiger partial charge is 0.263 e. The molecule has 2 rings (SSSR count). The van der Waals surface area contributed by atoms with Gasteiger partial charge in [0.25, 0.3) is 10.0 Å². The van der Waals surface area contributed by atoms with Crippen molar-refractivity contribution in [3.8, 4) is 0 Å². The van der Waals surface area contributed by atoms with Gasteiger partial charge in [0.05, 0.1) is 17.3 Å². The molecule has 21 heavy (non-hydrogen) atoms. The number of hydrogen-bond donors (Lipinski definition) is 2. The van der Waals surface area contributed by atoms with Crippen molar-refractivity contribution >= 4 is 49.9 Å². The Morgan fingerprint density at radius 2 is 2.10 bits per heavy atom. The number of benzene rings is 1. The first-order valence-electron chi connectivity index (χ1n) is 6.15. The predicted molar refractivity (Wildman–Crippen MR) is 91.0 cm³/mol. The maximum absolute atomic E-state index is 12.4. The standard InChI is InChI=1S/C13H14ClIN2O3S/c1-2-17-7-11(6-10(17)8-18)21(19,20)16-13-4-3-9(15)5-12(13)14/h3-7,16,18H,2,8H2,1H3. The van der Waals surface area contributed by atoms with E-state index in [9.17, 15) is 13.5 Å². The molecule has 1 heterocycles. The molecule has 2 aromatic rings. The van der Waals surface area contributed by atoms with Crippen molar-refractivity contribution in [1.82, 2.24) is 4.57 Å². The van der Waals surface area contributed by atoms with Crippen LogP contribution in [0.3, 0.4) is 0 Å². The van der Waals surface area contributed by atoms with Gasteiger partial charge in [-0.1, -0.05) is 11.6 Å². The zero-order valence-corrected chi connectivity index (χ0v) is 14.9. The van der Waals surface area contributed by atoms with Crippen LogP contribution in [-0.2, 0) is 23.2 Å². The van der Waals surface area contributed by atoms with Crippen LogP contribution in [0.1, 0.15) is 12.6 Å². The Hall–Kier alpha value is -0.770. The van der Waals surface area contributed by atoms with Gasteiger partial charge in [0, 0.05) is 22.0 Å². The zero-order chi connectivity index (χ0) is 15.6. The summed E-state index contributed by atoms with van der Waals surface area (Å²) in [4.78, 5) is 0.100. The summed E-state index contributed by atoms with van der Waals surface area (Å²) in [6, 6.07) is 6.51. The highest BCUT2D eigenvalue weighted by Gasteiger charge is 2.19. The third kappa shape index (κ3) is 3.71. The van der Waals surface area contributed by atoms with Crippen LogP contribution in [0.2, 0.25) is 5.02 Å². The maximum atomic E-state index is 12.4. The van der Waals surface area contributed by atoms with Crippen molar-refractivity contribution in [2.24, 2.45) is 0 Å². The SMILES string of the molecule is CCn1cc(S(=O)(=O)Nc2ccc(I)cc2Cl)cc1CO. The lowest BCUT2D eigenvalue weighted by Crippen LogP contribution is -2.12. The van der Waals surface area contributed by atoms with E-state index in [1.807, 2.05) is 6.92 Å². The molecule has 0 aliphatic carbocycles. The summed E-state index contributed by atoms with van der Waals surface area (Å²) < 4.78 is 29.8. The van der Waals surface area contributed by atoms with E-state index in [2.05, 4.69) is 27.3 Å². The molecule has 2 N–H and O–H groups in total. The van der Waals surface area contributed by atoms with E-state index in [0.717, 1.165) is 3.57 Å². The minimum atomic E-state index is -3.74. The fourth-order valence-corrected chi connectivity index (χ4v) is 3.98. The third-order valence-electron chi connectivity index (χ3n) is 2.95. The Balaban J connectivity index is 2.36. The van der Waals surface area contributed by atoms with Gasteiger partial charge >= 0.3 is 0 Å². The van der Waals surface area contributed by atoms with Gasteiger partial charge in [0.1, 0.15) is 4.90 Å². The predicted octanol–water partition coefficient (Wildman–Crippen LogP) is 3.06. The molecule has 0 saturated heterocycles. The van der Waals surface area contributed by atoms with Gasteiger partial charge in [-0.05, 0) is 53.8 Å². The first kappa shape index (κ1) is 16.6. The summed E-state index contributed by atoms with van der Waals surface area (Å²) in [6.45, 7) is 2.24. The number of aryl methyl sites for hydroxylation is 1. The minimum Gasteiger partial charge on any atom is -0.390 e. The number of nitrogens with one attached hydrogen (secondary N) is 1. The molecular formula is C13H14ClIN2O3S. The van der Waals surface area contributed by atoms with Gasteiger partial charge in [0.15, 0.2) is 0 Å². The third-order valence-corrected chi connectivity index (χ3v) is 5.27. The molecule has 0 atom stereocenters. The molecule has 114 valence electrons. The van der Waals surface area contributed by atoms with Crippen LogP contribution in [0.4, 0.5) is 5.69 Å². The van der Waals surface area contributed by atoms with Crippen LogP contribution in [0.15, 0.2) is 35.4 Å². The second kappa shape index (κ2) is 6.55. The molecule has 8 heteroatoms. The molecular weight excluding hydrogens is 427 g/mol. The largest absolute Gasteiger partial charge is 0.390 e. The second-order valence-electron chi connectivity index (χ2n) is 4.34. The molecule has 0 unspecified atom stereocenters. The lowest BCUT2D eigenvalue weighted by molar-refractivity contribution is 0.271. The van der Waals surface area contributed by atoms with Crippen molar-refractivity contribution in [2.45, 2.75) is 25.0 Å². The summed E-state index contributed by atoms with van der Waals surface area (Å²) in [6.07, 6.45) is 1.49. The Morgan fingerprint density at radius 1 is 1.38 bits per heavy atom. The number of aromatic nitrogens is 1. The van der Waals surface area contributed by atoms with Crippen LogP contribution in [0.25, 0.3) is 0 Å². The van der Waals surface area contributed by atoms with E-state index in [1.165, 1.54) is 12.3 Å². The van der Waals surface area contributed by atoms with E-state index in [-0.39, 0.29) is 11.5 Å². The maximum Gasteiger partial charge on any atom is 0.263 e. The monoisotopic (exact) mass is 440 g/mol. The van der Waals surface area contributed by atoms with Gasteiger partial charge in [0.2, 0.25) is 0 Å². The Morgan fingerprint density at radius 3 is 2.62 bits per heavy atom. The normalized spacial score (nSPS) is 11.6. The first-order valence-corrected chi connectivity index (χ1v) is 9.09.